The number of hydrogen-bond acceptors (Lipinski definition) is 4. The monoisotopic (exact) mass is 330 g/mol. The van der Waals surface area contributed by atoms with Crippen molar-refractivity contribution in [3.63, 3.8) is 0 Å². The number of carboxylic acids is 1. The summed E-state index contributed by atoms with van der Waals surface area (Å²) in [6.07, 6.45) is -0.194. The van der Waals surface area contributed by atoms with E-state index >= 15 is 0 Å². The molecule has 0 bridgehead atoms. The van der Waals surface area contributed by atoms with Gasteiger partial charge in [0.25, 0.3) is 0 Å². The van der Waals surface area contributed by atoms with E-state index in [1.54, 1.807) is 38.5 Å². The smallest absolute Gasteiger partial charge is 0.335 e. The van der Waals surface area contributed by atoms with Crippen molar-refractivity contribution in [2.24, 2.45) is 0 Å². The molecule has 0 saturated heterocycles. The zero-order valence-corrected chi connectivity index (χ0v) is 14.1. The van der Waals surface area contributed by atoms with E-state index in [4.69, 9.17) is 19.3 Å². The van der Waals surface area contributed by atoms with Crippen LogP contribution in [0.2, 0.25) is 0 Å². The second-order valence-corrected chi connectivity index (χ2v) is 5.43. The van der Waals surface area contributed by atoms with E-state index < -0.39 is 5.97 Å². The Morgan fingerprint density at radius 1 is 0.958 bits per heavy atom. The fourth-order valence-electron chi connectivity index (χ4n) is 2.27. The van der Waals surface area contributed by atoms with Crippen molar-refractivity contribution >= 4 is 5.97 Å². The van der Waals surface area contributed by atoms with Crippen LogP contribution in [-0.2, 0) is 9.47 Å². The zero-order chi connectivity index (χ0) is 17.5. The summed E-state index contributed by atoms with van der Waals surface area (Å²) < 4.78 is 16.3. The molecular weight excluding hydrogens is 308 g/mol. The van der Waals surface area contributed by atoms with Crippen LogP contribution in [0.4, 0.5) is 0 Å². The molecule has 0 spiro atoms. The fourth-order valence-corrected chi connectivity index (χ4v) is 2.27. The normalized spacial score (nSPS) is 13.3. The van der Waals surface area contributed by atoms with Gasteiger partial charge in [0.15, 0.2) is 0 Å². The average Bonchev–Trinajstić information content (AvgIpc) is 2.62. The Morgan fingerprint density at radius 3 is 1.96 bits per heavy atom. The Morgan fingerprint density at radius 2 is 1.50 bits per heavy atom. The molecule has 0 heterocycles. The summed E-state index contributed by atoms with van der Waals surface area (Å²) in [5.74, 6) is -0.186. The van der Waals surface area contributed by atoms with Gasteiger partial charge in [0.1, 0.15) is 18.5 Å². The van der Waals surface area contributed by atoms with E-state index in [9.17, 15) is 4.79 Å². The Hall–Kier alpha value is -2.37. The van der Waals surface area contributed by atoms with Crippen molar-refractivity contribution in [1.29, 1.82) is 0 Å². The highest BCUT2D eigenvalue weighted by Gasteiger charge is 2.16. The molecule has 5 nitrogen and oxygen atoms in total. The van der Waals surface area contributed by atoms with Gasteiger partial charge in [-0.15, -0.1) is 0 Å². The van der Waals surface area contributed by atoms with Crippen molar-refractivity contribution < 1.29 is 24.1 Å². The molecule has 0 aliphatic rings. The van der Waals surface area contributed by atoms with Gasteiger partial charge in [-0.25, -0.2) is 4.79 Å². The molecule has 2 aromatic carbocycles. The van der Waals surface area contributed by atoms with Crippen LogP contribution in [-0.4, -0.2) is 44.1 Å². The lowest BCUT2D eigenvalue weighted by molar-refractivity contribution is -0.0463. The van der Waals surface area contributed by atoms with E-state index in [-0.39, 0.29) is 17.8 Å². The SMILES string of the molecule is CO[C@H](C)[C@@H](COc1ccc(-c2ccc(C(=O)O)cc2)cc1)OC. The van der Waals surface area contributed by atoms with Crippen molar-refractivity contribution in [2.45, 2.75) is 19.1 Å². The summed E-state index contributed by atoms with van der Waals surface area (Å²) in [5, 5.41) is 8.93. The lowest BCUT2D eigenvalue weighted by Crippen LogP contribution is -2.32. The largest absolute Gasteiger partial charge is 0.491 e. The highest BCUT2D eigenvalue weighted by Crippen LogP contribution is 2.23. The molecule has 128 valence electrons. The van der Waals surface area contributed by atoms with Crippen LogP contribution in [0.15, 0.2) is 48.5 Å². The molecule has 2 atom stereocenters. The van der Waals surface area contributed by atoms with Crippen LogP contribution >= 0.6 is 0 Å². The van der Waals surface area contributed by atoms with Gasteiger partial charge in [-0.1, -0.05) is 24.3 Å². The number of methoxy groups -OCH3 is 2. The predicted molar refractivity (Wildman–Crippen MR) is 91.6 cm³/mol. The minimum absolute atomic E-state index is 0.0537. The van der Waals surface area contributed by atoms with Crippen LogP contribution < -0.4 is 4.74 Å². The van der Waals surface area contributed by atoms with E-state index in [1.165, 1.54) is 0 Å². The number of rotatable bonds is 8. The summed E-state index contributed by atoms with van der Waals surface area (Å²) in [6, 6.07) is 14.4. The van der Waals surface area contributed by atoms with Gasteiger partial charge < -0.3 is 19.3 Å². The van der Waals surface area contributed by atoms with Crippen molar-refractivity contribution in [2.75, 3.05) is 20.8 Å². The van der Waals surface area contributed by atoms with Crippen LogP contribution in [0.1, 0.15) is 17.3 Å². The second kappa shape index (κ2) is 8.47. The van der Waals surface area contributed by atoms with E-state index in [0.29, 0.717) is 6.61 Å². The molecule has 0 unspecified atom stereocenters. The third-order valence-corrected chi connectivity index (χ3v) is 3.93. The first-order chi connectivity index (χ1) is 11.5. The van der Waals surface area contributed by atoms with Crippen LogP contribution in [0.25, 0.3) is 11.1 Å². The molecular formula is C19H22O5. The first-order valence-electron chi connectivity index (χ1n) is 7.67. The summed E-state index contributed by atoms with van der Waals surface area (Å²) in [4.78, 5) is 10.9. The minimum atomic E-state index is -0.928. The van der Waals surface area contributed by atoms with Gasteiger partial charge in [-0.05, 0) is 42.3 Å². The predicted octanol–water partition coefficient (Wildman–Crippen LogP) is 3.48. The highest BCUT2D eigenvalue weighted by atomic mass is 16.6. The van der Waals surface area contributed by atoms with Crippen LogP contribution in [0.5, 0.6) is 5.75 Å². The second-order valence-electron chi connectivity index (χ2n) is 5.43. The molecule has 24 heavy (non-hydrogen) atoms. The van der Waals surface area contributed by atoms with E-state index in [2.05, 4.69) is 0 Å². The molecule has 0 amide bonds. The summed E-state index contributed by atoms with van der Waals surface area (Å²) in [7, 11) is 3.27. The Labute approximate surface area is 141 Å². The molecule has 5 heteroatoms. The van der Waals surface area contributed by atoms with Gasteiger partial charge in [0.2, 0.25) is 0 Å². The maximum Gasteiger partial charge on any atom is 0.335 e. The zero-order valence-electron chi connectivity index (χ0n) is 14.1. The van der Waals surface area contributed by atoms with Gasteiger partial charge in [-0.2, -0.15) is 0 Å². The van der Waals surface area contributed by atoms with Crippen LogP contribution in [0, 0.1) is 0 Å². The Bertz CT molecular complexity index is 648. The molecule has 0 saturated carbocycles. The molecule has 0 aliphatic heterocycles. The first-order valence-corrected chi connectivity index (χ1v) is 7.67. The number of ether oxygens (including phenoxy) is 3. The fraction of sp³-hybridized carbons (Fsp3) is 0.316. The van der Waals surface area contributed by atoms with E-state index in [0.717, 1.165) is 16.9 Å². The molecule has 0 aliphatic carbocycles. The molecule has 0 radical (unpaired) electrons. The quantitative estimate of drug-likeness (QED) is 0.803. The third kappa shape index (κ3) is 4.57. The van der Waals surface area contributed by atoms with Gasteiger partial charge in [0.05, 0.1) is 11.7 Å². The average molecular weight is 330 g/mol. The summed E-state index contributed by atoms with van der Waals surface area (Å²) in [6.45, 7) is 2.33. The number of benzene rings is 2. The summed E-state index contributed by atoms with van der Waals surface area (Å²) in [5.41, 5.74) is 2.22. The number of aromatic carboxylic acids is 1. The molecule has 0 fully saturated rings. The van der Waals surface area contributed by atoms with Gasteiger partial charge in [-0.3, -0.25) is 0 Å². The topological polar surface area (TPSA) is 65.0 Å². The van der Waals surface area contributed by atoms with Crippen molar-refractivity contribution in [3.05, 3.63) is 54.1 Å². The van der Waals surface area contributed by atoms with Crippen LogP contribution in [0.3, 0.4) is 0 Å². The highest BCUT2D eigenvalue weighted by molar-refractivity contribution is 5.88. The maximum atomic E-state index is 10.9. The Balaban J connectivity index is 2.01. The molecule has 1 N–H and O–H groups in total. The lowest BCUT2D eigenvalue weighted by atomic mass is 10.0. The number of carboxylic acid groups (broad SMARTS) is 1. The standard InChI is InChI=1S/C19H22O5/c1-13(22-2)18(23-3)12-24-17-10-8-15(9-11-17)14-4-6-16(7-5-14)19(20)21/h4-11,13,18H,12H2,1-3H3,(H,20,21)/t13-,18-/m1/s1. The van der Waals surface area contributed by atoms with Crippen molar-refractivity contribution in [3.8, 4) is 16.9 Å². The minimum Gasteiger partial charge on any atom is -0.491 e. The Kier molecular flexibility index (Phi) is 6.35. The summed E-state index contributed by atoms with van der Waals surface area (Å²) >= 11 is 0. The number of hydrogen-bond donors (Lipinski definition) is 1. The lowest BCUT2D eigenvalue weighted by Gasteiger charge is -2.21. The molecule has 2 rings (SSSR count). The molecule has 0 aromatic heterocycles. The maximum absolute atomic E-state index is 10.9. The first kappa shape index (κ1) is 18.0. The van der Waals surface area contributed by atoms with E-state index in [1.807, 2.05) is 31.2 Å². The number of carbonyl (C=O) groups is 1. The van der Waals surface area contributed by atoms with Gasteiger partial charge in [0, 0.05) is 14.2 Å². The third-order valence-electron chi connectivity index (χ3n) is 3.93. The van der Waals surface area contributed by atoms with Crippen molar-refractivity contribution in [1.82, 2.24) is 0 Å². The van der Waals surface area contributed by atoms with Gasteiger partial charge >= 0.3 is 5.97 Å². The molecule has 2 aromatic rings.